The van der Waals surface area contributed by atoms with Gasteiger partial charge in [-0.2, -0.15) is 0 Å². The van der Waals surface area contributed by atoms with Gasteiger partial charge in [0.1, 0.15) is 5.76 Å². The topological polar surface area (TPSA) is 68.7 Å². The maximum atomic E-state index is 12.1. The van der Waals surface area contributed by atoms with E-state index in [4.69, 9.17) is 14.9 Å². The van der Waals surface area contributed by atoms with Crippen molar-refractivity contribution in [2.45, 2.75) is 6.54 Å². The third-order valence-corrected chi connectivity index (χ3v) is 2.28. The molecule has 0 aliphatic rings. The molecule has 1 aromatic heterocycles. The van der Waals surface area contributed by atoms with Gasteiger partial charge in [-0.15, -0.1) is 6.58 Å². The molecule has 1 heterocycles. The number of hydrogen-bond donors (Lipinski definition) is 1. The highest BCUT2D eigenvalue weighted by Gasteiger charge is 2.17. The summed E-state index contributed by atoms with van der Waals surface area (Å²) >= 11 is 0. The average Bonchev–Trinajstić information content (AvgIpc) is 2.82. The van der Waals surface area contributed by atoms with E-state index in [1.54, 1.807) is 30.2 Å². The van der Waals surface area contributed by atoms with Crippen LogP contribution in [0.5, 0.6) is 0 Å². The zero-order valence-corrected chi connectivity index (χ0v) is 10.0. The van der Waals surface area contributed by atoms with Gasteiger partial charge in [0.15, 0.2) is 5.76 Å². The van der Waals surface area contributed by atoms with Gasteiger partial charge in [-0.25, -0.2) is 0 Å². The van der Waals surface area contributed by atoms with Crippen LogP contribution >= 0.6 is 0 Å². The molecule has 17 heavy (non-hydrogen) atoms. The molecule has 94 valence electrons. The number of furan rings is 1. The Morgan fingerprint density at radius 2 is 2.41 bits per heavy atom. The summed E-state index contributed by atoms with van der Waals surface area (Å²) in [6.45, 7) is 5.34. The number of nitrogens with zero attached hydrogens (tertiary/aromatic N) is 1. The number of carbonyl (C=O) groups excluding carboxylic acids is 1. The Hall–Kier alpha value is -1.59. The van der Waals surface area contributed by atoms with E-state index in [9.17, 15) is 4.79 Å². The van der Waals surface area contributed by atoms with E-state index in [0.29, 0.717) is 31.2 Å². The fourth-order valence-corrected chi connectivity index (χ4v) is 1.39. The van der Waals surface area contributed by atoms with Crippen LogP contribution in [0.1, 0.15) is 16.3 Å². The molecule has 0 radical (unpaired) electrons. The Morgan fingerprint density at radius 3 is 2.94 bits per heavy atom. The third-order valence-electron chi connectivity index (χ3n) is 2.28. The van der Waals surface area contributed by atoms with Crippen molar-refractivity contribution in [3.05, 3.63) is 36.3 Å². The van der Waals surface area contributed by atoms with Crippen LogP contribution in [0, 0.1) is 0 Å². The second-order valence-corrected chi connectivity index (χ2v) is 3.50. The van der Waals surface area contributed by atoms with Crippen molar-refractivity contribution in [1.29, 1.82) is 0 Å². The molecular weight excluding hydrogens is 220 g/mol. The summed E-state index contributed by atoms with van der Waals surface area (Å²) in [5.41, 5.74) is 5.42. The average molecular weight is 238 g/mol. The standard InChI is InChI=1S/C12H18N2O3/c1-3-6-14(7-8-16-2)12(15)11-5-4-10(9-13)17-11/h3-5H,1,6-9,13H2,2H3. The van der Waals surface area contributed by atoms with E-state index < -0.39 is 0 Å². The van der Waals surface area contributed by atoms with Crippen molar-refractivity contribution in [2.24, 2.45) is 5.73 Å². The van der Waals surface area contributed by atoms with Gasteiger partial charge in [0.05, 0.1) is 13.2 Å². The van der Waals surface area contributed by atoms with Crippen LogP contribution in [0.4, 0.5) is 0 Å². The lowest BCUT2D eigenvalue weighted by molar-refractivity contribution is 0.0685. The zero-order valence-electron chi connectivity index (χ0n) is 10.0. The Balaban J connectivity index is 2.71. The summed E-state index contributed by atoms with van der Waals surface area (Å²) in [7, 11) is 1.59. The number of hydrogen-bond acceptors (Lipinski definition) is 4. The molecule has 0 aliphatic heterocycles. The first-order chi connectivity index (χ1) is 8.22. The van der Waals surface area contributed by atoms with E-state index in [1.165, 1.54) is 0 Å². The van der Waals surface area contributed by atoms with Crippen LogP contribution in [0.3, 0.4) is 0 Å². The number of rotatable bonds is 7. The fourth-order valence-electron chi connectivity index (χ4n) is 1.39. The Bertz CT molecular complexity index is 374. The lowest BCUT2D eigenvalue weighted by atomic mass is 10.3. The van der Waals surface area contributed by atoms with Gasteiger partial charge < -0.3 is 19.8 Å². The number of amides is 1. The van der Waals surface area contributed by atoms with E-state index in [0.717, 1.165) is 0 Å². The molecule has 0 atom stereocenters. The molecule has 0 unspecified atom stereocenters. The second-order valence-electron chi connectivity index (χ2n) is 3.50. The van der Waals surface area contributed by atoms with Gasteiger partial charge in [0, 0.05) is 20.2 Å². The molecule has 5 nitrogen and oxygen atoms in total. The van der Waals surface area contributed by atoms with Gasteiger partial charge >= 0.3 is 0 Å². The maximum absolute atomic E-state index is 12.1. The Kier molecular flexibility index (Phi) is 5.45. The molecule has 0 aromatic carbocycles. The quantitative estimate of drug-likeness (QED) is 0.720. The minimum atomic E-state index is -0.179. The van der Waals surface area contributed by atoms with Crippen LogP contribution in [-0.2, 0) is 11.3 Å². The highest BCUT2D eigenvalue weighted by Crippen LogP contribution is 2.10. The minimum Gasteiger partial charge on any atom is -0.455 e. The summed E-state index contributed by atoms with van der Waals surface area (Å²) < 4.78 is 10.3. The van der Waals surface area contributed by atoms with Crippen molar-refractivity contribution in [1.82, 2.24) is 4.90 Å². The Labute approximate surface area is 101 Å². The molecule has 0 saturated carbocycles. The highest BCUT2D eigenvalue weighted by molar-refractivity contribution is 5.91. The molecule has 0 spiro atoms. The molecule has 0 bridgehead atoms. The molecule has 5 heteroatoms. The highest BCUT2D eigenvalue weighted by atomic mass is 16.5. The van der Waals surface area contributed by atoms with E-state index >= 15 is 0 Å². The van der Waals surface area contributed by atoms with Crippen LogP contribution in [0.2, 0.25) is 0 Å². The predicted octanol–water partition coefficient (Wildman–Crippen LogP) is 1.01. The number of nitrogens with two attached hydrogens (primary N) is 1. The number of methoxy groups -OCH3 is 1. The summed E-state index contributed by atoms with van der Waals surface area (Å²) in [6.07, 6.45) is 1.67. The SMILES string of the molecule is C=CCN(CCOC)C(=O)c1ccc(CN)o1. The molecule has 0 fully saturated rings. The Morgan fingerprint density at radius 1 is 1.65 bits per heavy atom. The summed E-state index contributed by atoms with van der Waals surface area (Å²) in [4.78, 5) is 13.7. The van der Waals surface area contributed by atoms with Crippen molar-refractivity contribution in [3.8, 4) is 0 Å². The third kappa shape index (κ3) is 3.72. The lowest BCUT2D eigenvalue weighted by Crippen LogP contribution is -2.33. The first kappa shape index (κ1) is 13.5. The zero-order chi connectivity index (χ0) is 12.7. The molecule has 1 amide bonds. The molecule has 0 saturated heterocycles. The molecule has 2 N–H and O–H groups in total. The van der Waals surface area contributed by atoms with Crippen molar-refractivity contribution < 1.29 is 13.9 Å². The molecule has 1 rings (SSSR count). The number of ether oxygens (including phenoxy) is 1. The minimum absolute atomic E-state index is 0.179. The fraction of sp³-hybridized carbons (Fsp3) is 0.417. The first-order valence-electron chi connectivity index (χ1n) is 5.40. The van der Waals surface area contributed by atoms with Gasteiger partial charge in [-0.3, -0.25) is 4.79 Å². The van der Waals surface area contributed by atoms with Crippen LogP contribution in [0.25, 0.3) is 0 Å². The smallest absolute Gasteiger partial charge is 0.289 e. The maximum Gasteiger partial charge on any atom is 0.289 e. The largest absolute Gasteiger partial charge is 0.455 e. The summed E-state index contributed by atoms with van der Waals surface area (Å²) in [5.74, 6) is 0.712. The van der Waals surface area contributed by atoms with Gasteiger partial charge in [0.25, 0.3) is 5.91 Å². The second kappa shape index (κ2) is 6.88. The van der Waals surface area contributed by atoms with Gasteiger partial charge in [0.2, 0.25) is 0 Å². The van der Waals surface area contributed by atoms with E-state index in [1.807, 2.05) is 0 Å². The molecule has 0 aliphatic carbocycles. The predicted molar refractivity (Wildman–Crippen MR) is 64.6 cm³/mol. The van der Waals surface area contributed by atoms with Crippen molar-refractivity contribution >= 4 is 5.91 Å². The molecular formula is C12H18N2O3. The van der Waals surface area contributed by atoms with E-state index in [-0.39, 0.29) is 12.5 Å². The van der Waals surface area contributed by atoms with Crippen molar-refractivity contribution in [2.75, 3.05) is 26.8 Å². The molecule has 1 aromatic rings. The lowest BCUT2D eigenvalue weighted by Gasteiger charge is -2.19. The van der Waals surface area contributed by atoms with Crippen molar-refractivity contribution in [3.63, 3.8) is 0 Å². The summed E-state index contributed by atoms with van der Waals surface area (Å²) in [5, 5.41) is 0. The van der Waals surface area contributed by atoms with Gasteiger partial charge in [-0.05, 0) is 12.1 Å². The summed E-state index contributed by atoms with van der Waals surface area (Å²) in [6, 6.07) is 3.34. The number of carbonyl (C=O) groups is 1. The van der Waals surface area contributed by atoms with Crippen LogP contribution < -0.4 is 5.73 Å². The van der Waals surface area contributed by atoms with Crippen LogP contribution in [-0.4, -0.2) is 37.6 Å². The van der Waals surface area contributed by atoms with E-state index in [2.05, 4.69) is 6.58 Å². The first-order valence-corrected chi connectivity index (χ1v) is 5.40. The monoisotopic (exact) mass is 238 g/mol. The van der Waals surface area contributed by atoms with Gasteiger partial charge in [-0.1, -0.05) is 6.08 Å². The normalized spacial score (nSPS) is 10.2. The van der Waals surface area contributed by atoms with Crippen LogP contribution in [0.15, 0.2) is 29.2 Å².